The Labute approximate surface area is 159 Å². The number of halogens is 1. The number of benzene rings is 3. The molecule has 0 spiro atoms. The largest absolute Gasteiger partial charge is 0.293 e. The molecule has 0 saturated heterocycles. The van der Waals surface area contributed by atoms with Crippen LogP contribution in [0.5, 0.6) is 0 Å². The molecule has 3 aromatic rings. The number of carbonyl (C=O) groups excluding carboxylic acids is 1. The lowest BCUT2D eigenvalue weighted by Gasteiger charge is -2.19. The number of hydrogen-bond acceptors (Lipinski definition) is 1. The van der Waals surface area contributed by atoms with E-state index in [1.165, 1.54) is 16.7 Å². The number of rotatable bonds is 4. The highest BCUT2D eigenvalue weighted by molar-refractivity contribution is 6.30. The summed E-state index contributed by atoms with van der Waals surface area (Å²) in [6, 6.07) is 27.9. The molecule has 2 atom stereocenters. The second-order valence-corrected chi connectivity index (χ2v) is 7.11. The SMILES string of the molecule is O=C(c1ccc(Cl)cc1)[C@H]1C=C(c2ccccc2)C[C@@H]1c1ccccc1. The van der Waals surface area contributed by atoms with Gasteiger partial charge in [-0.1, -0.05) is 78.3 Å². The zero-order chi connectivity index (χ0) is 17.9. The highest BCUT2D eigenvalue weighted by Gasteiger charge is 2.34. The monoisotopic (exact) mass is 358 g/mol. The zero-order valence-electron chi connectivity index (χ0n) is 14.3. The molecule has 0 N–H and O–H groups in total. The van der Waals surface area contributed by atoms with Gasteiger partial charge >= 0.3 is 0 Å². The summed E-state index contributed by atoms with van der Waals surface area (Å²) >= 11 is 5.98. The first kappa shape index (κ1) is 16.8. The van der Waals surface area contributed by atoms with Crippen molar-refractivity contribution in [1.29, 1.82) is 0 Å². The van der Waals surface area contributed by atoms with Crippen molar-refractivity contribution in [1.82, 2.24) is 0 Å². The third kappa shape index (κ3) is 3.36. The molecule has 1 nitrogen and oxygen atoms in total. The predicted octanol–water partition coefficient (Wildman–Crippen LogP) is 6.41. The van der Waals surface area contributed by atoms with Gasteiger partial charge in [0.05, 0.1) is 0 Å². The maximum atomic E-state index is 13.2. The molecule has 128 valence electrons. The lowest BCUT2D eigenvalue weighted by molar-refractivity contribution is 0.0935. The van der Waals surface area contributed by atoms with Gasteiger partial charge in [-0.25, -0.2) is 0 Å². The van der Waals surface area contributed by atoms with E-state index in [1.807, 2.05) is 48.5 Å². The lowest BCUT2D eigenvalue weighted by atomic mass is 9.83. The van der Waals surface area contributed by atoms with E-state index < -0.39 is 0 Å². The highest BCUT2D eigenvalue weighted by atomic mass is 35.5. The van der Waals surface area contributed by atoms with Crippen LogP contribution in [0.1, 0.15) is 33.8 Å². The summed E-state index contributed by atoms with van der Waals surface area (Å²) in [6.45, 7) is 0. The van der Waals surface area contributed by atoms with Crippen molar-refractivity contribution in [3.63, 3.8) is 0 Å². The van der Waals surface area contributed by atoms with Crippen LogP contribution in [-0.4, -0.2) is 5.78 Å². The van der Waals surface area contributed by atoms with Crippen LogP contribution in [0.3, 0.4) is 0 Å². The van der Waals surface area contributed by atoms with Gasteiger partial charge in [-0.05, 0) is 47.4 Å². The van der Waals surface area contributed by atoms with Crippen LogP contribution in [-0.2, 0) is 0 Å². The number of carbonyl (C=O) groups is 1. The summed E-state index contributed by atoms with van der Waals surface area (Å²) in [5.41, 5.74) is 4.36. The maximum Gasteiger partial charge on any atom is 0.170 e. The van der Waals surface area contributed by atoms with E-state index in [0.717, 1.165) is 6.42 Å². The fraction of sp³-hybridized carbons (Fsp3) is 0.125. The maximum absolute atomic E-state index is 13.2. The summed E-state index contributed by atoms with van der Waals surface area (Å²) in [5.74, 6) is 0.157. The standard InChI is InChI=1S/C24H19ClO/c25-21-13-11-19(12-14-21)24(26)23-16-20(17-7-3-1-4-8-17)15-22(23)18-9-5-2-6-10-18/h1-14,16,22-23H,15H2/t22-,23+/m1/s1. The Morgan fingerprint density at radius 1 is 0.808 bits per heavy atom. The number of Topliss-reactive ketones (excluding diaryl/α,β-unsaturated/α-hetero) is 1. The van der Waals surface area contributed by atoms with Crippen LogP contribution in [0.2, 0.25) is 5.02 Å². The molecule has 0 aromatic heterocycles. The first-order valence-corrected chi connectivity index (χ1v) is 9.21. The summed E-state index contributed by atoms with van der Waals surface area (Å²) < 4.78 is 0. The van der Waals surface area contributed by atoms with E-state index in [1.54, 1.807) is 12.1 Å². The third-order valence-electron chi connectivity index (χ3n) is 5.06. The molecule has 0 amide bonds. The number of hydrogen-bond donors (Lipinski definition) is 0. The normalized spacial score (nSPS) is 19.2. The van der Waals surface area contributed by atoms with E-state index in [2.05, 4.69) is 30.3 Å². The lowest BCUT2D eigenvalue weighted by Crippen LogP contribution is -2.17. The molecule has 1 aliphatic carbocycles. The van der Waals surface area contributed by atoms with Gasteiger partial charge in [-0.15, -0.1) is 0 Å². The van der Waals surface area contributed by atoms with Crippen LogP contribution in [0.4, 0.5) is 0 Å². The molecule has 0 radical (unpaired) electrons. The Hall–Kier alpha value is -2.64. The topological polar surface area (TPSA) is 17.1 Å². The average molecular weight is 359 g/mol. The number of allylic oxidation sites excluding steroid dienone is 2. The molecule has 3 aromatic carbocycles. The van der Waals surface area contributed by atoms with Gasteiger partial charge in [0.2, 0.25) is 0 Å². The van der Waals surface area contributed by atoms with Crippen LogP contribution < -0.4 is 0 Å². The molecular weight excluding hydrogens is 340 g/mol. The van der Waals surface area contributed by atoms with Crippen LogP contribution in [0.15, 0.2) is 91.0 Å². The Bertz CT molecular complexity index is 927. The summed E-state index contributed by atoms with van der Waals surface area (Å²) in [5, 5.41) is 0.646. The van der Waals surface area contributed by atoms with Gasteiger partial charge in [0, 0.05) is 22.4 Å². The summed E-state index contributed by atoms with van der Waals surface area (Å²) in [7, 11) is 0. The molecule has 2 heteroatoms. The first-order valence-electron chi connectivity index (χ1n) is 8.83. The second-order valence-electron chi connectivity index (χ2n) is 6.68. The molecule has 4 rings (SSSR count). The van der Waals surface area contributed by atoms with Gasteiger partial charge in [0.25, 0.3) is 0 Å². The molecule has 0 saturated carbocycles. The van der Waals surface area contributed by atoms with Gasteiger partial charge in [0.15, 0.2) is 5.78 Å². The number of ketones is 1. The predicted molar refractivity (Wildman–Crippen MR) is 107 cm³/mol. The molecule has 26 heavy (non-hydrogen) atoms. The van der Waals surface area contributed by atoms with Crippen molar-refractivity contribution < 1.29 is 4.79 Å². The second kappa shape index (κ2) is 7.31. The molecule has 0 fully saturated rings. The Balaban J connectivity index is 1.72. The van der Waals surface area contributed by atoms with Gasteiger partial charge in [-0.2, -0.15) is 0 Å². The molecule has 1 aliphatic rings. The molecule has 0 bridgehead atoms. The van der Waals surface area contributed by atoms with Crippen molar-refractivity contribution in [3.8, 4) is 0 Å². The minimum absolute atomic E-state index is 0.154. The minimum Gasteiger partial charge on any atom is -0.293 e. The van der Waals surface area contributed by atoms with Gasteiger partial charge < -0.3 is 0 Å². The Morgan fingerprint density at radius 3 is 2.08 bits per heavy atom. The van der Waals surface area contributed by atoms with E-state index in [4.69, 9.17) is 11.6 Å². The fourth-order valence-electron chi connectivity index (χ4n) is 3.72. The van der Waals surface area contributed by atoms with E-state index in [0.29, 0.717) is 10.6 Å². The van der Waals surface area contributed by atoms with Crippen molar-refractivity contribution in [3.05, 3.63) is 113 Å². The smallest absolute Gasteiger partial charge is 0.170 e. The van der Waals surface area contributed by atoms with Gasteiger partial charge in [-0.3, -0.25) is 4.79 Å². The zero-order valence-corrected chi connectivity index (χ0v) is 15.1. The molecule has 0 heterocycles. The van der Waals surface area contributed by atoms with E-state index >= 15 is 0 Å². The Kier molecular flexibility index (Phi) is 4.73. The molecule has 0 aliphatic heterocycles. The molecule has 0 unspecified atom stereocenters. The average Bonchev–Trinajstić information content (AvgIpc) is 3.15. The molecular formula is C24H19ClO. The minimum atomic E-state index is -0.159. The summed E-state index contributed by atoms with van der Waals surface area (Å²) in [4.78, 5) is 13.2. The summed E-state index contributed by atoms with van der Waals surface area (Å²) in [6.07, 6.45) is 3.03. The van der Waals surface area contributed by atoms with E-state index in [9.17, 15) is 4.79 Å². The fourth-order valence-corrected chi connectivity index (χ4v) is 3.85. The third-order valence-corrected chi connectivity index (χ3v) is 5.31. The van der Waals surface area contributed by atoms with Gasteiger partial charge in [0.1, 0.15) is 0 Å². The van der Waals surface area contributed by atoms with Crippen LogP contribution in [0.25, 0.3) is 5.57 Å². The van der Waals surface area contributed by atoms with E-state index in [-0.39, 0.29) is 17.6 Å². The first-order chi connectivity index (χ1) is 12.7. The van der Waals surface area contributed by atoms with Crippen molar-refractivity contribution in [2.45, 2.75) is 12.3 Å². The highest BCUT2D eigenvalue weighted by Crippen LogP contribution is 2.44. The quantitative estimate of drug-likeness (QED) is 0.492. The van der Waals surface area contributed by atoms with Crippen LogP contribution in [0, 0.1) is 5.92 Å². The van der Waals surface area contributed by atoms with Crippen molar-refractivity contribution in [2.75, 3.05) is 0 Å². The van der Waals surface area contributed by atoms with Crippen LogP contribution >= 0.6 is 11.6 Å². The Morgan fingerprint density at radius 2 is 1.42 bits per heavy atom. The van der Waals surface area contributed by atoms with Crippen molar-refractivity contribution in [2.24, 2.45) is 5.92 Å². The van der Waals surface area contributed by atoms with Crippen molar-refractivity contribution >= 4 is 23.0 Å².